The minimum atomic E-state index is -0.666. The van der Waals surface area contributed by atoms with Crippen LogP contribution in [0.25, 0.3) is 10.8 Å². The van der Waals surface area contributed by atoms with Gasteiger partial charge in [-0.1, -0.05) is 35.9 Å². The van der Waals surface area contributed by atoms with Gasteiger partial charge in [0.2, 0.25) is 5.91 Å². The minimum Gasteiger partial charge on any atom is -0.489 e. The van der Waals surface area contributed by atoms with Crippen molar-refractivity contribution >= 4 is 34.0 Å². The zero-order chi connectivity index (χ0) is 22.5. The van der Waals surface area contributed by atoms with Crippen molar-refractivity contribution in [1.82, 2.24) is 4.90 Å². The van der Waals surface area contributed by atoms with E-state index in [2.05, 4.69) is 10.2 Å². The number of rotatable bonds is 8. The highest BCUT2D eigenvalue weighted by Crippen LogP contribution is 2.31. The molecule has 1 aliphatic rings. The Morgan fingerprint density at radius 3 is 2.62 bits per heavy atom. The monoisotopic (exact) mass is 454 g/mol. The number of likely N-dealkylation sites (tertiary alicyclic amines) is 1. The van der Waals surface area contributed by atoms with Crippen LogP contribution in [0.15, 0.2) is 60.7 Å². The molecule has 1 amide bonds. The number of carbonyl (C=O) groups excluding carboxylic acids is 1. The molecule has 1 saturated heterocycles. The van der Waals surface area contributed by atoms with Crippen LogP contribution in [0, 0.1) is 0 Å². The van der Waals surface area contributed by atoms with Gasteiger partial charge in [0.05, 0.1) is 5.69 Å². The number of carbonyl (C=O) groups is 1. The van der Waals surface area contributed by atoms with E-state index in [1.165, 1.54) is 6.92 Å². The quantitative estimate of drug-likeness (QED) is 0.529. The van der Waals surface area contributed by atoms with Crippen molar-refractivity contribution in [2.75, 3.05) is 31.6 Å². The lowest BCUT2D eigenvalue weighted by molar-refractivity contribution is -0.114. The molecule has 2 N–H and O–H groups in total. The van der Waals surface area contributed by atoms with Gasteiger partial charge in [-0.15, -0.1) is 0 Å². The molecule has 32 heavy (non-hydrogen) atoms. The Morgan fingerprint density at radius 1 is 1.19 bits per heavy atom. The first kappa shape index (κ1) is 22.4. The number of benzene rings is 3. The molecule has 3 aromatic rings. The minimum absolute atomic E-state index is 0.0798. The predicted octanol–water partition coefficient (Wildman–Crippen LogP) is 4.34. The Hall–Kier alpha value is -2.80. The third kappa shape index (κ3) is 5.91. The molecule has 6 nitrogen and oxygen atoms in total. The van der Waals surface area contributed by atoms with Crippen molar-refractivity contribution in [2.45, 2.75) is 25.6 Å². The number of hydrogen-bond acceptors (Lipinski definition) is 5. The molecule has 2 atom stereocenters. The largest absolute Gasteiger partial charge is 0.489 e. The molecule has 4 rings (SSSR count). The number of aliphatic hydroxyl groups excluding tert-OH is 1. The van der Waals surface area contributed by atoms with Gasteiger partial charge in [-0.2, -0.15) is 0 Å². The number of hydrogen-bond donors (Lipinski definition) is 2. The van der Waals surface area contributed by atoms with Crippen molar-refractivity contribution in [3.05, 3.63) is 65.7 Å². The number of anilines is 1. The first-order chi connectivity index (χ1) is 15.5. The molecule has 3 aromatic carbocycles. The molecule has 1 fully saturated rings. The Kier molecular flexibility index (Phi) is 7.15. The molecule has 0 bridgehead atoms. The molecule has 0 saturated carbocycles. The molecule has 168 valence electrons. The second-order valence-corrected chi connectivity index (χ2v) is 8.52. The number of nitrogens with zero attached hydrogens (tertiary/aromatic N) is 1. The van der Waals surface area contributed by atoms with E-state index < -0.39 is 6.10 Å². The van der Waals surface area contributed by atoms with Crippen molar-refractivity contribution in [1.29, 1.82) is 0 Å². The normalized spacial score (nSPS) is 17.3. The summed E-state index contributed by atoms with van der Waals surface area (Å²) in [6.45, 7) is 3.67. The van der Waals surface area contributed by atoms with E-state index in [4.69, 9.17) is 21.1 Å². The maximum absolute atomic E-state index is 11.6. The Bertz CT molecular complexity index is 1070. The summed E-state index contributed by atoms with van der Waals surface area (Å²) in [6.07, 6.45) is 0.310. The van der Waals surface area contributed by atoms with Gasteiger partial charge in [0.15, 0.2) is 0 Å². The number of ether oxygens (including phenoxy) is 2. The lowest BCUT2D eigenvalue weighted by atomic mass is 10.1. The zero-order valence-corrected chi connectivity index (χ0v) is 18.7. The van der Waals surface area contributed by atoms with E-state index in [-0.39, 0.29) is 18.6 Å². The van der Waals surface area contributed by atoms with Crippen molar-refractivity contribution in [2.24, 2.45) is 0 Å². The molecule has 0 radical (unpaired) electrons. The van der Waals surface area contributed by atoms with Gasteiger partial charge in [-0.25, -0.2) is 0 Å². The zero-order valence-electron chi connectivity index (χ0n) is 18.0. The smallest absolute Gasteiger partial charge is 0.221 e. The second-order valence-electron chi connectivity index (χ2n) is 8.08. The van der Waals surface area contributed by atoms with Gasteiger partial charge in [0.1, 0.15) is 30.3 Å². The van der Waals surface area contributed by atoms with E-state index >= 15 is 0 Å². The number of nitrogens with one attached hydrogen (secondary N) is 1. The molecule has 0 spiro atoms. The van der Waals surface area contributed by atoms with Gasteiger partial charge in [0.25, 0.3) is 0 Å². The van der Waals surface area contributed by atoms with Gasteiger partial charge in [0, 0.05) is 31.6 Å². The van der Waals surface area contributed by atoms with Gasteiger partial charge in [-0.3, -0.25) is 9.69 Å². The fraction of sp³-hybridized carbons (Fsp3) is 0.320. The maximum atomic E-state index is 11.6. The Morgan fingerprint density at radius 2 is 1.91 bits per heavy atom. The summed E-state index contributed by atoms with van der Waals surface area (Å²) in [5, 5.41) is 16.1. The van der Waals surface area contributed by atoms with Crippen LogP contribution in [0.3, 0.4) is 0 Å². The number of amides is 1. The second kappa shape index (κ2) is 10.2. The van der Waals surface area contributed by atoms with Crippen LogP contribution in [-0.2, 0) is 4.79 Å². The summed E-state index contributed by atoms with van der Waals surface area (Å²) < 4.78 is 11.9. The number of fused-ring (bicyclic) bond motifs is 1. The van der Waals surface area contributed by atoms with Crippen molar-refractivity contribution < 1.29 is 19.4 Å². The summed E-state index contributed by atoms with van der Waals surface area (Å²) >= 11 is 5.92. The first-order valence-corrected chi connectivity index (χ1v) is 11.1. The third-order valence-corrected chi connectivity index (χ3v) is 5.66. The highest BCUT2D eigenvalue weighted by Gasteiger charge is 2.26. The maximum Gasteiger partial charge on any atom is 0.221 e. The van der Waals surface area contributed by atoms with Crippen LogP contribution in [0.4, 0.5) is 5.69 Å². The van der Waals surface area contributed by atoms with Crippen molar-refractivity contribution in [3.8, 4) is 11.5 Å². The van der Waals surface area contributed by atoms with Crippen LogP contribution in [0.1, 0.15) is 13.3 Å². The highest BCUT2D eigenvalue weighted by molar-refractivity contribution is 6.30. The van der Waals surface area contributed by atoms with Crippen LogP contribution in [-0.4, -0.2) is 54.4 Å². The molecule has 0 aliphatic carbocycles. The highest BCUT2D eigenvalue weighted by atomic mass is 35.5. The molecular weight excluding hydrogens is 428 g/mol. The third-order valence-electron chi connectivity index (χ3n) is 5.40. The fourth-order valence-corrected chi connectivity index (χ4v) is 4.05. The average molecular weight is 455 g/mol. The van der Waals surface area contributed by atoms with Crippen LogP contribution in [0.2, 0.25) is 5.02 Å². The van der Waals surface area contributed by atoms with Gasteiger partial charge in [-0.05, 0) is 53.6 Å². The lowest BCUT2D eigenvalue weighted by Gasteiger charge is -2.21. The van der Waals surface area contributed by atoms with E-state index in [1.54, 1.807) is 0 Å². The molecule has 1 heterocycles. The molecule has 0 aromatic heterocycles. The number of β-amino-alcohol motifs (C(OH)–C–C–N with tert-alkyl or cyclic N) is 1. The first-order valence-electron chi connectivity index (χ1n) is 10.7. The summed E-state index contributed by atoms with van der Waals surface area (Å²) in [6, 6.07) is 19.0. The van der Waals surface area contributed by atoms with Crippen molar-refractivity contribution in [3.63, 3.8) is 0 Å². The molecule has 7 heteroatoms. The van der Waals surface area contributed by atoms with Crippen LogP contribution >= 0.6 is 11.6 Å². The summed E-state index contributed by atoms with van der Waals surface area (Å²) in [5.74, 6) is 1.17. The Balaban J connectivity index is 1.32. The fourth-order valence-electron chi connectivity index (χ4n) is 3.93. The molecule has 2 unspecified atom stereocenters. The number of aliphatic hydroxyl groups is 1. The van der Waals surface area contributed by atoms with Crippen LogP contribution < -0.4 is 14.8 Å². The number of halogens is 1. The van der Waals surface area contributed by atoms with E-state index in [0.29, 0.717) is 23.0 Å². The summed E-state index contributed by atoms with van der Waals surface area (Å²) in [7, 11) is 0. The standard InChI is InChI=1S/C25H27ClN2O4/c1-17(29)27-24-12-18-4-2-3-5-19(18)13-25(24)31-16-21(30)14-28-11-10-23(15-28)32-22-8-6-20(26)7-9-22/h2-9,12-13,21,23,30H,10-11,14-16H2,1H3,(H,27,29). The van der Waals surface area contributed by atoms with Crippen LogP contribution in [0.5, 0.6) is 11.5 Å². The van der Waals surface area contributed by atoms with Gasteiger partial charge >= 0.3 is 0 Å². The van der Waals surface area contributed by atoms with Gasteiger partial charge < -0.3 is 19.9 Å². The lowest BCUT2D eigenvalue weighted by Crippen LogP contribution is -2.35. The molecule has 1 aliphatic heterocycles. The summed E-state index contributed by atoms with van der Waals surface area (Å²) in [4.78, 5) is 13.8. The topological polar surface area (TPSA) is 71.0 Å². The van der Waals surface area contributed by atoms with E-state index in [0.717, 1.165) is 36.0 Å². The molecular formula is C25H27ClN2O4. The predicted molar refractivity (Wildman–Crippen MR) is 127 cm³/mol. The Labute approximate surface area is 192 Å². The average Bonchev–Trinajstić information content (AvgIpc) is 3.20. The summed E-state index contributed by atoms with van der Waals surface area (Å²) in [5.41, 5.74) is 0.598. The SMILES string of the molecule is CC(=O)Nc1cc2ccccc2cc1OCC(O)CN1CCC(Oc2ccc(Cl)cc2)C1. The van der Waals surface area contributed by atoms with E-state index in [9.17, 15) is 9.90 Å². The van der Waals surface area contributed by atoms with E-state index in [1.807, 2.05) is 60.7 Å².